The molecule has 0 unspecified atom stereocenters. The summed E-state index contributed by atoms with van der Waals surface area (Å²) in [5.41, 5.74) is 1.57. The molecule has 2 aliphatic rings. The number of hydrogen-bond acceptors (Lipinski definition) is 2. The molecule has 0 bridgehead atoms. The van der Waals surface area contributed by atoms with Crippen molar-refractivity contribution in [1.29, 1.82) is 0 Å². The van der Waals surface area contributed by atoms with Gasteiger partial charge in [-0.2, -0.15) is 0 Å². The molecule has 1 aliphatic heterocycles. The van der Waals surface area contributed by atoms with Crippen LogP contribution in [-0.4, -0.2) is 31.1 Å². The highest BCUT2D eigenvalue weighted by Gasteiger charge is 2.31. The SMILES string of the molecule is Ic1ccccc1[C@H](C1CCCCC1)N1CCNCC1. The minimum atomic E-state index is 0.644. The third-order valence-corrected chi connectivity index (χ3v) is 5.85. The topological polar surface area (TPSA) is 15.3 Å². The lowest BCUT2D eigenvalue weighted by Crippen LogP contribution is -2.47. The van der Waals surface area contributed by atoms with Crippen molar-refractivity contribution in [3.63, 3.8) is 0 Å². The standard InChI is InChI=1S/C17H25IN2/c18-16-9-5-4-8-15(16)17(14-6-2-1-3-7-14)20-12-10-19-11-13-20/h4-5,8-9,14,17,19H,1-3,6-7,10-13H2/t17-/m0/s1. The maximum Gasteiger partial charge on any atom is 0.0387 e. The predicted octanol–water partition coefficient (Wildman–Crippen LogP) is 3.82. The molecule has 1 aromatic rings. The molecule has 0 radical (unpaired) electrons. The fraction of sp³-hybridized carbons (Fsp3) is 0.647. The van der Waals surface area contributed by atoms with Gasteiger partial charge in [0.1, 0.15) is 0 Å². The molecule has 1 aliphatic carbocycles. The zero-order chi connectivity index (χ0) is 13.8. The van der Waals surface area contributed by atoms with Crippen LogP contribution in [0.15, 0.2) is 24.3 Å². The Labute approximate surface area is 136 Å². The lowest BCUT2D eigenvalue weighted by molar-refractivity contribution is 0.103. The summed E-state index contributed by atoms with van der Waals surface area (Å²) in [5, 5.41) is 3.50. The van der Waals surface area contributed by atoms with Crippen molar-refractivity contribution < 1.29 is 0 Å². The Hall–Kier alpha value is -0.130. The molecule has 3 rings (SSSR count). The summed E-state index contributed by atoms with van der Waals surface area (Å²) < 4.78 is 1.44. The molecule has 1 saturated heterocycles. The first-order chi connectivity index (χ1) is 9.86. The van der Waals surface area contributed by atoms with Crippen LogP contribution in [0.5, 0.6) is 0 Å². The number of nitrogens with one attached hydrogen (secondary N) is 1. The second kappa shape index (κ2) is 7.23. The van der Waals surface area contributed by atoms with E-state index in [0.29, 0.717) is 6.04 Å². The minimum absolute atomic E-state index is 0.644. The van der Waals surface area contributed by atoms with E-state index in [0.717, 1.165) is 19.0 Å². The molecular formula is C17H25IN2. The van der Waals surface area contributed by atoms with Crippen LogP contribution in [0, 0.1) is 9.49 Å². The Morgan fingerprint density at radius 2 is 1.75 bits per heavy atom. The average molecular weight is 384 g/mol. The monoisotopic (exact) mass is 384 g/mol. The average Bonchev–Trinajstić information content (AvgIpc) is 2.52. The summed E-state index contributed by atoms with van der Waals surface area (Å²) in [7, 11) is 0. The van der Waals surface area contributed by atoms with Crippen molar-refractivity contribution in [2.75, 3.05) is 26.2 Å². The molecule has 0 spiro atoms. The van der Waals surface area contributed by atoms with Gasteiger partial charge in [-0.05, 0) is 53.0 Å². The fourth-order valence-corrected chi connectivity index (χ4v) is 4.58. The Bertz CT molecular complexity index is 405. The summed E-state index contributed by atoms with van der Waals surface area (Å²) in [4.78, 5) is 2.74. The molecule has 3 heteroatoms. The van der Waals surface area contributed by atoms with E-state index in [4.69, 9.17) is 0 Å². The van der Waals surface area contributed by atoms with E-state index in [9.17, 15) is 0 Å². The zero-order valence-corrected chi connectivity index (χ0v) is 14.3. The molecule has 1 N–H and O–H groups in total. The van der Waals surface area contributed by atoms with Crippen molar-refractivity contribution in [1.82, 2.24) is 10.2 Å². The van der Waals surface area contributed by atoms with Gasteiger partial charge in [-0.3, -0.25) is 4.90 Å². The third-order valence-electron chi connectivity index (χ3n) is 4.87. The molecule has 1 saturated carbocycles. The van der Waals surface area contributed by atoms with Crippen LogP contribution in [-0.2, 0) is 0 Å². The normalized spacial score (nSPS) is 23.6. The van der Waals surface area contributed by atoms with Gasteiger partial charge in [-0.25, -0.2) is 0 Å². The first-order valence-corrected chi connectivity index (χ1v) is 9.13. The van der Waals surface area contributed by atoms with Gasteiger partial charge in [0, 0.05) is 35.8 Å². The summed E-state index contributed by atoms with van der Waals surface area (Å²) in [6, 6.07) is 9.67. The van der Waals surface area contributed by atoms with Gasteiger partial charge in [0.2, 0.25) is 0 Å². The molecule has 20 heavy (non-hydrogen) atoms. The fourth-order valence-electron chi connectivity index (χ4n) is 3.87. The van der Waals surface area contributed by atoms with E-state index in [2.05, 4.69) is 57.1 Å². The van der Waals surface area contributed by atoms with E-state index in [1.807, 2.05) is 0 Å². The van der Waals surface area contributed by atoms with E-state index in [-0.39, 0.29) is 0 Å². The van der Waals surface area contributed by atoms with Gasteiger partial charge in [-0.15, -0.1) is 0 Å². The zero-order valence-electron chi connectivity index (χ0n) is 12.2. The van der Waals surface area contributed by atoms with Crippen LogP contribution >= 0.6 is 22.6 Å². The number of piperazine rings is 1. The summed E-state index contributed by atoms with van der Waals surface area (Å²) in [6.45, 7) is 4.69. The molecule has 2 nitrogen and oxygen atoms in total. The molecule has 110 valence electrons. The van der Waals surface area contributed by atoms with Crippen molar-refractivity contribution in [2.24, 2.45) is 5.92 Å². The molecule has 0 aromatic heterocycles. The van der Waals surface area contributed by atoms with Crippen molar-refractivity contribution in [3.05, 3.63) is 33.4 Å². The quantitative estimate of drug-likeness (QED) is 0.798. The minimum Gasteiger partial charge on any atom is -0.314 e. The predicted molar refractivity (Wildman–Crippen MR) is 92.9 cm³/mol. The van der Waals surface area contributed by atoms with Crippen molar-refractivity contribution in [3.8, 4) is 0 Å². The summed E-state index contributed by atoms with van der Waals surface area (Å²) >= 11 is 2.53. The highest BCUT2D eigenvalue weighted by molar-refractivity contribution is 14.1. The number of nitrogens with zero attached hydrogens (tertiary/aromatic N) is 1. The van der Waals surface area contributed by atoms with E-state index >= 15 is 0 Å². The van der Waals surface area contributed by atoms with Gasteiger partial charge < -0.3 is 5.32 Å². The molecule has 1 heterocycles. The molecule has 0 amide bonds. The van der Waals surface area contributed by atoms with Crippen molar-refractivity contribution in [2.45, 2.75) is 38.1 Å². The van der Waals surface area contributed by atoms with E-state index in [1.165, 1.54) is 48.8 Å². The van der Waals surface area contributed by atoms with E-state index < -0.39 is 0 Å². The van der Waals surface area contributed by atoms with Gasteiger partial charge >= 0.3 is 0 Å². The molecule has 1 aromatic carbocycles. The smallest absolute Gasteiger partial charge is 0.0387 e. The molecular weight excluding hydrogens is 359 g/mol. The first kappa shape index (κ1) is 14.8. The van der Waals surface area contributed by atoms with Gasteiger partial charge in [0.05, 0.1) is 0 Å². The maximum absolute atomic E-state index is 3.50. The van der Waals surface area contributed by atoms with Crippen molar-refractivity contribution >= 4 is 22.6 Å². The number of rotatable bonds is 3. The number of hydrogen-bond donors (Lipinski definition) is 1. The van der Waals surface area contributed by atoms with Crippen LogP contribution in [0.1, 0.15) is 43.7 Å². The second-order valence-electron chi connectivity index (χ2n) is 6.15. The third kappa shape index (κ3) is 3.37. The lowest BCUT2D eigenvalue weighted by atomic mass is 9.80. The summed E-state index contributed by atoms with van der Waals surface area (Å²) in [5.74, 6) is 0.859. The summed E-state index contributed by atoms with van der Waals surface area (Å²) in [6.07, 6.45) is 7.13. The maximum atomic E-state index is 3.50. The largest absolute Gasteiger partial charge is 0.314 e. The Morgan fingerprint density at radius 3 is 2.45 bits per heavy atom. The Kier molecular flexibility index (Phi) is 5.35. The van der Waals surface area contributed by atoms with Gasteiger partial charge in [0.15, 0.2) is 0 Å². The molecule has 1 atom stereocenters. The van der Waals surface area contributed by atoms with Gasteiger partial charge in [0.25, 0.3) is 0 Å². The van der Waals surface area contributed by atoms with Crippen LogP contribution < -0.4 is 5.32 Å². The van der Waals surface area contributed by atoms with Crippen LogP contribution in [0.4, 0.5) is 0 Å². The number of halogens is 1. The van der Waals surface area contributed by atoms with Crippen LogP contribution in [0.25, 0.3) is 0 Å². The highest BCUT2D eigenvalue weighted by Crippen LogP contribution is 2.39. The lowest BCUT2D eigenvalue weighted by Gasteiger charge is -2.41. The Balaban J connectivity index is 1.87. The Morgan fingerprint density at radius 1 is 1.05 bits per heavy atom. The van der Waals surface area contributed by atoms with Gasteiger partial charge in [-0.1, -0.05) is 37.5 Å². The first-order valence-electron chi connectivity index (χ1n) is 8.05. The second-order valence-corrected chi connectivity index (χ2v) is 7.31. The van der Waals surface area contributed by atoms with Crippen LogP contribution in [0.2, 0.25) is 0 Å². The highest BCUT2D eigenvalue weighted by atomic mass is 127. The molecule has 2 fully saturated rings. The van der Waals surface area contributed by atoms with Crippen LogP contribution in [0.3, 0.4) is 0 Å². The number of benzene rings is 1. The van der Waals surface area contributed by atoms with E-state index in [1.54, 1.807) is 5.56 Å².